The zero-order valence-electron chi connectivity index (χ0n) is 16.4. The van der Waals surface area contributed by atoms with E-state index in [1.54, 1.807) is 17.3 Å². The maximum atomic E-state index is 14.3. The summed E-state index contributed by atoms with van der Waals surface area (Å²) < 4.78 is 22.1. The molecule has 4 rings (SSSR count). The first-order chi connectivity index (χ1) is 14.5. The Morgan fingerprint density at radius 1 is 1.37 bits per heavy atom. The van der Waals surface area contributed by atoms with E-state index < -0.39 is 5.82 Å². The number of carbonyl (C=O) groups is 1. The second-order valence-corrected chi connectivity index (χ2v) is 7.18. The van der Waals surface area contributed by atoms with Gasteiger partial charge in [-0.2, -0.15) is 5.10 Å². The van der Waals surface area contributed by atoms with Crippen LogP contribution in [-0.4, -0.2) is 44.8 Å². The highest BCUT2D eigenvalue weighted by Gasteiger charge is 2.27. The zero-order valence-corrected chi connectivity index (χ0v) is 16.4. The number of anilines is 2. The molecule has 0 spiro atoms. The number of hydrazine groups is 1. The fraction of sp³-hybridized carbons (Fsp3) is 0.368. The van der Waals surface area contributed by atoms with Gasteiger partial charge < -0.3 is 15.0 Å². The molecule has 3 aromatic heterocycles. The molecule has 3 aromatic rings. The van der Waals surface area contributed by atoms with Crippen LogP contribution in [0.1, 0.15) is 19.8 Å². The minimum atomic E-state index is -0.498. The molecule has 0 bridgehead atoms. The second-order valence-electron chi connectivity index (χ2n) is 7.18. The highest BCUT2D eigenvalue weighted by molar-refractivity contribution is 5.63. The summed E-state index contributed by atoms with van der Waals surface area (Å²) in [7, 11) is 0. The van der Waals surface area contributed by atoms with Crippen molar-refractivity contribution in [2.45, 2.75) is 32.4 Å². The molecule has 4 heterocycles. The van der Waals surface area contributed by atoms with Crippen LogP contribution in [0.3, 0.4) is 0 Å². The van der Waals surface area contributed by atoms with Gasteiger partial charge in [0.1, 0.15) is 11.5 Å². The van der Waals surface area contributed by atoms with E-state index in [1.807, 2.05) is 11.9 Å². The molecule has 1 aliphatic rings. The predicted molar refractivity (Wildman–Crippen MR) is 108 cm³/mol. The van der Waals surface area contributed by atoms with Crippen molar-refractivity contribution in [3.05, 3.63) is 46.9 Å². The molecule has 2 N–H and O–H groups in total. The van der Waals surface area contributed by atoms with Gasteiger partial charge in [0.05, 0.1) is 6.20 Å². The van der Waals surface area contributed by atoms with Gasteiger partial charge in [0.2, 0.25) is 5.65 Å². The van der Waals surface area contributed by atoms with Crippen molar-refractivity contribution >= 4 is 23.6 Å². The van der Waals surface area contributed by atoms with Crippen LogP contribution in [0.4, 0.5) is 15.9 Å². The number of aryl methyl sites for hydroxylation is 1. The van der Waals surface area contributed by atoms with Gasteiger partial charge in [0, 0.05) is 50.2 Å². The lowest BCUT2D eigenvalue weighted by molar-refractivity contribution is -0.120. The van der Waals surface area contributed by atoms with Gasteiger partial charge in [-0.3, -0.25) is 19.6 Å². The number of pyridine rings is 1. The molecule has 0 aliphatic carbocycles. The maximum Gasteiger partial charge on any atom is 0.298 e. The Kier molecular flexibility index (Phi) is 5.36. The van der Waals surface area contributed by atoms with Gasteiger partial charge in [-0.1, -0.05) is 0 Å². The summed E-state index contributed by atoms with van der Waals surface area (Å²) in [6, 6.07) is 2.87. The second kappa shape index (κ2) is 8.11. The Morgan fingerprint density at radius 3 is 2.93 bits per heavy atom. The summed E-state index contributed by atoms with van der Waals surface area (Å²) in [5.74, 6) is 0.255. The van der Waals surface area contributed by atoms with Gasteiger partial charge in [-0.05, 0) is 19.8 Å². The van der Waals surface area contributed by atoms with Crippen LogP contribution in [0.5, 0.6) is 5.75 Å². The largest absolute Gasteiger partial charge is 0.423 e. The fourth-order valence-electron chi connectivity index (χ4n) is 3.50. The Labute approximate surface area is 171 Å². The zero-order chi connectivity index (χ0) is 21.3. The predicted octanol–water partition coefficient (Wildman–Crippen LogP) is 0.934. The first-order valence-corrected chi connectivity index (χ1v) is 9.63. The number of hydrogen-bond acceptors (Lipinski definition) is 8. The Hall–Kier alpha value is -3.47. The molecule has 1 saturated heterocycles. The van der Waals surface area contributed by atoms with Gasteiger partial charge in [0.25, 0.3) is 12.0 Å². The molecule has 1 atom stereocenters. The summed E-state index contributed by atoms with van der Waals surface area (Å²) in [6.07, 6.45) is 5.60. The molecule has 0 radical (unpaired) electrons. The molecule has 1 fully saturated rings. The third-order valence-corrected chi connectivity index (χ3v) is 4.93. The molecule has 0 unspecified atom stereocenters. The Morgan fingerprint density at radius 2 is 2.17 bits per heavy atom. The third-order valence-electron chi connectivity index (χ3n) is 4.93. The number of nitrogens with zero attached hydrogens (tertiary/aromatic N) is 6. The highest BCUT2D eigenvalue weighted by Crippen LogP contribution is 2.26. The molecule has 11 heteroatoms. The minimum Gasteiger partial charge on any atom is -0.423 e. The topological polar surface area (TPSA) is 111 Å². The summed E-state index contributed by atoms with van der Waals surface area (Å²) in [6.45, 7) is 3.62. The third kappa shape index (κ3) is 3.71. The van der Waals surface area contributed by atoms with E-state index in [1.165, 1.54) is 27.5 Å². The number of rotatable bonds is 7. The van der Waals surface area contributed by atoms with Crippen molar-refractivity contribution in [3.8, 4) is 5.75 Å². The molecule has 30 heavy (non-hydrogen) atoms. The molecular weight excluding hydrogens is 393 g/mol. The Bertz CT molecular complexity index is 1130. The van der Waals surface area contributed by atoms with Crippen LogP contribution in [0, 0.1) is 5.82 Å². The highest BCUT2D eigenvalue weighted by atomic mass is 19.1. The molecule has 1 aliphatic heterocycles. The van der Waals surface area contributed by atoms with Crippen molar-refractivity contribution in [1.82, 2.24) is 19.2 Å². The monoisotopic (exact) mass is 415 g/mol. The molecule has 10 nitrogen and oxygen atoms in total. The van der Waals surface area contributed by atoms with E-state index in [-0.39, 0.29) is 23.0 Å². The van der Waals surface area contributed by atoms with E-state index in [4.69, 9.17) is 10.5 Å². The van der Waals surface area contributed by atoms with Crippen LogP contribution in [0.25, 0.3) is 5.65 Å². The SMILES string of the molecule is C[C@@H](N)CCn1cc(F)cc(N2CCCN2c2ccn3ncc(OC=O)c3n2)c1=O. The van der Waals surface area contributed by atoms with Crippen LogP contribution in [0.2, 0.25) is 0 Å². The number of fused-ring (bicyclic) bond motifs is 1. The summed E-state index contributed by atoms with van der Waals surface area (Å²) in [4.78, 5) is 28.2. The lowest BCUT2D eigenvalue weighted by atomic mass is 10.2. The molecule has 0 aromatic carbocycles. The van der Waals surface area contributed by atoms with E-state index >= 15 is 0 Å². The van der Waals surface area contributed by atoms with Gasteiger partial charge in [-0.15, -0.1) is 0 Å². The van der Waals surface area contributed by atoms with Crippen LogP contribution in [-0.2, 0) is 11.3 Å². The van der Waals surface area contributed by atoms with E-state index in [0.29, 0.717) is 44.0 Å². The normalized spacial score (nSPS) is 15.0. The first-order valence-electron chi connectivity index (χ1n) is 9.63. The lowest BCUT2D eigenvalue weighted by Crippen LogP contribution is -2.41. The number of ether oxygens (including phenoxy) is 1. The van der Waals surface area contributed by atoms with Crippen molar-refractivity contribution in [2.24, 2.45) is 5.73 Å². The maximum absolute atomic E-state index is 14.3. The van der Waals surface area contributed by atoms with Gasteiger partial charge in [-0.25, -0.2) is 13.9 Å². The summed E-state index contributed by atoms with van der Waals surface area (Å²) in [5.41, 5.74) is 6.08. The number of aromatic nitrogens is 4. The minimum absolute atomic E-state index is 0.0961. The molecule has 158 valence electrons. The molecule has 0 amide bonds. The van der Waals surface area contributed by atoms with Crippen molar-refractivity contribution < 1.29 is 13.9 Å². The average Bonchev–Trinajstić information content (AvgIpc) is 3.35. The number of hydrogen-bond donors (Lipinski definition) is 1. The fourth-order valence-corrected chi connectivity index (χ4v) is 3.50. The standard InChI is InChI=1S/C19H22FN7O3/c1-13(21)3-7-24-11-14(20)9-15(19(24)29)26-5-2-6-27(26)17-4-8-25-18(23-17)16(10-22-25)30-12-28/h4,8-13H,2-3,5-7,21H2,1H3/t13-/m1/s1. The van der Waals surface area contributed by atoms with Crippen LogP contribution in [0.15, 0.2) is 35.5 Å². The number of halogens is 1. The van der Waals surface area contributed by atoms with Crippen LogP contribution < -0.4 is 26.0 Å². The van der Waals surface area contributed by atoms with Crippen LogP contribution >= 0.6 is 0 Å². The Balaban J connectivity index is 1.70. The number of nitrogens with two attached hydrogens (primary N) is 1. The van der Waals surface area contributed by atoms with Gasteiger partial charge in [0.15, 0.2) is 11.6 Å². The average molecular weight is 415 g/mol. The smallest absolute Gasteiger partial charge is 0.298 e. The van der Waals surface area contributed by atoms with Crippen molar-refractivity contribution in [1.29, 1.82) is 0 Å². The van der Waals surface area contributed by atoms with E-state index in [0.717, 1.165) is 6.42 Å². The van der Waals surface area contributed by atoms with E-state index in [2.05, 4.69) is 10.1 Å². The summed E-state index contributed by atoms with van der Waals surface area (Å²) >= 11 is 0. The summed E-state index contributed by atoms with van der Waals surface area (Å²) in [5, 5.41) is 7.61. The van der Waals surface area contributed by atoms with Gasteiger partial charge >= 0.3 is 0 Å². The number of carbonyl (C=O) groups excluding carboxylic acids is 1. The van der Waals surface area contributed by atoms with Crippen molar-refractivity contribution in [2.75, 3.05) is 23.1 Å². The van der Waals surface area contributed by atoms with E-state index in [9.17, 15) is 14.0 Å². The first kappa shape index (κ1) is 19.8. The molecule has 0 saturated carbocycles. The quantitative estimate of drug-likeness (QED) is 0.568. The van der Waals surface area contributed by atoms with Crippen molar-refractivity contribution in [3.63, 3.8) is 0 Å². The molecular formula is C19H22FN7O3. The lowest BCUT2D eigenvalue weighted by Gasteiger charge is -2.30.